The van der Waals surface area contributed by atoms with Gasteiger partial charge in [0.25, 0.3) is 0 Å². The van der Waals surface area contributed by atoms with E-state index >= 15 is 0 Å². The molecule has 0 bridgehead atoms. The Morgan fingerprint density at radius 2 is 1.64 bits per heavy atom. The van der Waals surface area contributed by atoms with Gasteiger partial charge in [0.05, 0.1) is 6.61 Å². The van der Waals surface area contributed by atoms with Crippen molar-refractivity contribution >= 4 is 19.9 Å². The van der Waals surface area contributed by atoms with Crippen LogP contribution in [0.25, 0.3) is 0 Å². The highest BCUT2D eigenvalue weighted by Gasteiger charge is 2.06. The molecule has 0 aromatic rings. The summed E-state index contributed by atoms with van der Waals surface area (Å²) in [7, 11) is -2.55. The first kappa shape index (κ1) is 14.3. The van der Waals surface area contributed by atoms with Gasteiger partial charge in [-0.3, -0.25) is 4.18 Å². The topological polar surface area (TPSA) is 43.4 Å². The van der Waals surface area contributed by atoms with Crippen molar-refractivity contribution in [3.63, 3.8) is 0 Å². The molecule has 0 heterocycles. The first-order chi connectivity index (χ1) is 6.62. The van der Waals surface area contributed by atoms with Crippen molar-refractivity contribution in [2.75, 3.05) is 12.9 Å². The molecule has 0 unspecified atom stereocenters. The van der Waals surface area contributed by atoms with E-state index in [4.69, 9.17) is 4.18 Å². The van der Waals surface area contributed by atoms with Crippen molar-refractivity contribution in [3.8, 4) is 0 Å². The lowest BCUT2D eigenvalue weighted by atomic mass is 10.1. The minimum Gasteiger partial charge on any atom is -0.262 e. The van der Waals surface area contributed by atoms with E-state index in [1.807, 2.05) is 0 Å². The molecule has 14 heavy (non-hydrogen) atoms. The van der Waals surface area contributed by atoms with Gasteiger partial charge in [0.1, 0.15) is 0 Å². The number of rotatable bonds is 9. The summed E-state index contributed by atoms with van der Waals surface area (Å²) in [5.74, 6) is 0. The van der Waals surface area contributed by atoms with E-state index < -0.39 is 9.15 Å². The third kappa shape index (κ3) is 8.84. The minimum atomic E-state index is -3.30. The molecule has 0 saturated heterocycles. The van der Waals surface area contributed by atoms with Gasteiger partial charge in [-0.1, -0.05) is 39.0 Å². The Kier molecular flexibility index (Phi) is 8.72. The van der Waals surface area contributed by atoms with Crippen molar-refractivity contribution in [1.82, 2.24) is 0 Å². The predicted octanol–water partition coefficient (Wildman–Crippen LogP) is 2.97. The van der Waals surface area contributed by atoms with E-state index in [0.717, 1.165) is 23.6 Å². The van der Waals surface area contributed by atoms with Crippen molar-refractivity contribution in [2.45, 2.75) is 45.4 Å². The Bertz CT molecular complexity index is 212. The molecule has 0 amide bonds. The second-order valence-corrected chi connectivity index (χ2v) is 6.77. The van der Waals surface area contributed by atoms with Crippen LogP contribution in [0.3, 0.4) is 0 Å². The van der Waals surface area contributed by atoms with Crippen LogP contribution in [0.15, 0.2) is 0 Å². The van der Waals surface area contributed by atoms with Crippen molar-refractivity contribution in [1.29, 1.82) is 0 Å². The minimum absolute atomic E-state index is 0.329. The summed E-state index contributed by atoms with van der Waals surface area (Å²) in [5.41, 5.74) is 0. The van der Waals surface area contributed by atoms with Crippen LogP contribution in [0.2, 0.25) is 0 Å². The lowest BCUT2D eigenvalue weighted by Crippen LogP contribution is -2.01. The monoisotopic (exact) mass is 240 g/mol. The molecule has 0 fully saturated rings. The van der Waals surface area contributed by atoms with Crippen LogP contribution in [0.5, 0.6) is 0 Å². The molecule has 86 valence electrons. The first-order valence-electron chi connectivity index (χ1n) is 5.07. The second kappa shape index (κ2) is 8.56. The molecule has 0 aromatic carbocycles. The molecule has 0 aliphatic rings. The van der Waals surface area contributed by atoms with Gasteiger partial charge in [0, 0.05) is 0 Å². The third-order valence-electron chi connectivity index (χ3n) is 1.93. The van der Waals surface area contributed by atoms with Gasteiger partial charge < -0.3 is 0 Å². The molecule has 0 aliphatic carbocycles. The van der Waals surface area contributed by atoms with E-state index in [1.165, 1.54) is 31.9 Å². The average molecular weight is 240 g/mol. The normalized spacial score (nSPS) is 11.9. The fourth-order valence-electron chi connectivity index (χ4n) is 1.09. The molecule has 3 nitrogen and oxygen atoms in total. The molecule has 0 atom stereocenters. The maximum absolute atomic E-state index is 10.9. The van der Waals surface area contributed by atoms with Crippen LogP contribution in [0, 0.1) is 0 Å². The highest BCUT2D eigenvalue weighted by atomic mass is 33.1. The maximum atomic E-state index is 10.9. The smallest absolute Gasteiger partial charge is 0.262 e. The van der Waals surface area contributed by atoms with Gasteiger partial charge in [0.2, 0.25) is 0 Å². The maximum Gasteiger partial charge on any atom is 0.321 e. The molecule has 0 spiro atoms. The first-order valence-corrected chi connectivity index (χ1v) is 8.22. The summed E-state index contributed by atoms with van der Waals surface area (Å²) in [5, 5.41) is 0. The standard InChI is InChI=1S/C9H20O3S2/c1-3-4-5-6-7-8-9-12-14(10,11)13-2/h3-9H2,1-2H3. The summed E-state index contributed by atoms with van der Waals surface area (Å²) in [6, 6.07) is 0. The number of unbranched alkanes of at least 4 members (excludes halogenated alkanes) is 5. The van der Waals surface area contributed by atoms with Crippen LogP contribution in [-0.4, -0.2) is 21.3 Å². The molecule has 0 aliphatic heterocycles. The van der Waals surface area contributed by atoms with Crippen molar-refractivity contribution < 1.29 is 12.6 Å². The fraction of sp³-hybridized carbons (Fsp3) is 1.00. The number of hydrogen-bond acceptors (Lipinski definition) is 4. The predicted molar refractivity (Wildman–Crippen MR) is 61.8 cm³/mol. The molecule has 0 rings (SSSR count). The van der Waals surface area contributed by atoms with Gasteiger partial charge >= 0.3 is 9.15 Å². The zero-order chi connectivity index (χ0) is 10.9. The fourth-order valence-corrected chi connectivity index (χ4v) is 2.00. The summed E-state index contributed by atoms with van der Waals surface area (Å²) in [4.78, 5) is 0. The average Bonchev–Trinajstić information content (AvgIpc) is 2.16. The summed E-state index contributed by atoms with van der Waals surface area (Å²) < 4.78 is 26.5. The van der Waals surface area contributed by atoms with E-state index in [-0.39, 0.29) is 0 Å². The highest BCUT2D eigenvalue weighted by Crippen LogP contribution is 2.11. The Morgan fingerprint density at radius 1 is 1.07 bits per heavy atom. The number of hydrogen-bond donors (Lipinski definition) is 0. The lowest BCUT2D eigenvalue weighted by molar-refractivity contribution is 0.316. The van der Waals surface area contributed by atoms with Crippen molar-refractivity contribution in [3.05, 3.63) is 0 Å². The van der Waals surface area contributed by atoms with E-state index in [1.54, 1.807) is 0 Å². The zero-order valence-electron chi connectivity index (χ0n) is 8.99. The molecule has 0 saturated carbocycles. The van der Waals surface area contributed by atoms with Crippen LogP contribution >= 0.6 is 10.8 Å². The quantitative estimate of drug-likeness (QED) is 0.459. The Morgan fingerprint density at radius 3 is 2.21 bits per heavy atom. The highest BCUT2D eigenvalue weighted by molar-refractivity contribution is 8.70. The van der Waals surface area contributed by atoms with Crippen LogP contribution < -0.4 is 0 Å². The molecular weight excluding hydrogens is 220 g/mol. The molecule has 5 heteroatoms. The second-order valence-electron chi connectivity index (χ2n) is 3.16. The van der Waals surface area contributed by atoms with Crippen LogP contribution in [0.4, 0.5) is 0 Å². The van der Waals surface area contributed by atoms with E-state index in [0.29, 0.717) is 6.61 Å². The van der Waals surface area contributed by atoms with Crippen molar-refractivity contribution in [2.24, 2.45) is 0 Å². The van der Waals surface area contributed by atoms with Crippen LogP contribution in [0.1, 0.15) is 45.4 Å². The lowest BCUT2D eigenvalue weighted by Gasteiger charge is -2.02. The van der Waals surface area contributed by atoms with Crippen LogP contribution in [-0.2, 0) is 13.3 Å². The van der Waals surface area contributed by atoms with Gasteiger partial charge in [0.15, 0.2) is 0 Å². The van der Waals surface area contributed by atoms with E-state index in [2.05, 4.69) is 6.92 Å². The Hall–Kier alpha value is 0.260. The third-order valence-corrected chi connectivity index (χ3v) is 4.31. The molecule has 0 aromatic heterocycles. The molecule has 0 radical (unpaired) electrons. The SMILES string of the molecule is CCCCCCCCOS(=O)(=O)SC. The molecule has 0 N–H and O–H groups in total. The van der Waals surface area contributed by atoms with Gasteiger partial charge in [-0.2, -0.15) is 8.42 Å². The molecular formula is C9H20O3S2. The van der Waals surface area contributed by atoms with Gasteiger partial charge in [-0.15, -0.1) is 0 Å². The zero-order valence-corrected chi connectivity index (χ0v) is 10.6. The van der Waals surface area contributed by atoms with E-state index in [9.17, 15) is 8.42 Å². The largest absolute Gasteiger partial charge is 0.321 e. The summed E-state index contributed by atoms with van der Waals surface area (Å²) in [6.07, 6.45) is 8.33. The van der Waals surface area contributed by atoms with Gasteiger partial charge in [-0.25, -0.2) is 0 Å². The summed E-state index contributed by atoms with van der Waals surface area (Å²) in [6.45, 7) is 2.50. The Balaban J connectivity index is 3.22. The summed E-state index contributed by atoms with van der Waals surface area (Å²) >= 11 is 0. The Labute approximate surface area is 91.1 Å². The van der Waals surface area contributed by atoms with Gasteiger partial charge in [-0.05, 0) is 23.5 Å².